The summed E-state index contributed by atoms with van der Waals surface area (Å²) < 4.78 is 13.0. The van der Waals surface area contributed by atoms with Crippen LogP contribution in [0, 0.1) is 13.8 Å². The van der Waals surface area contributed by atoms with Crippen molar-refractivity contribution in [3.63, 3.8) is 0 Å². The molecule has 0 atom stereocenters. The van der Waals surface area contributed by atoms with Gasteiger partial charge in [0, 0.05) is 30.6 Å². The summed E-state index contributed by atoms with van der Waals surface area (Å²) in [5.74, 6) is 2.28. The van der Waals surface area contributed by atoms with E-state index in [0.29, 0.717) is 36.4 Å². The summed E-state index contributed by atoms with van der Waals surface area (Å²) in [5, 5.41) is 7.18. The van der Waals surface area contributed by atoms with E-state index in [1.54, 1.807) is 17.9 Å². The number of fused-ring (bicyclic) bond motifs is 1. The zero-order valence-corrected chi connectivity index (χ0v) is 16.0. The van der Waals surface area contributed by atoms with E-state index in [9.17, 15) is 4.79 Å². The molecule has 0 saturated carbocycles. The van der Waals surface area contributed by atoms with Gasteiger partial charge in [0.05, 0.1) is 12.1 Å². The number of aryl methyl sites for hydroxylation is 2. The third-order valence-electron chi connectivity index (χ3n) is 4.51. The van der Waals surface area contributed by atoms with Crippen molar-refractivity contribution < 1.29 is 14.3 Å². The minimum absolute atomic E-state index is 0.0966. The molecular weight excluding hydrogens is 358 g/mol. The van der Waals surface area contributed by atoms with E-state index < -0.39 is 0 Å². The van der Waals surface area contributed by atoms with Crippen molar-refractivity contribution in [2.24, 2.45) is 0 Å². The van der Waals surface area contributed by atoms with Gasteiger partial charge in [0.2, 0.25) is 5.91 Å². The number of carbonyl (C=O) groups excluding carboxylic acids is 1. The maximum absolute atomic E-state index is 11.8. The molecule has 1 N–H and O–H groups in total. The number of benzene rings is 1. The second kappa shape index (κ2) is 7.30. The van der Waals surface area contributed by atoms with Crippen molar-refractivity contribution >= 4 is 5.91 Å². The van der Waals surface area contributed by atoms with E-state index in [2.05, 4.69) is 20.4 Å². The molecule has 0 aliphatic carbocycles. The minimum Gasteiger partial charge on any atom is -0.486 e. The molecule has 4 rings (SSSR count). The summed E-state index contributed by atoms with van der Waals surface area (Å²) in [7, 11) is 1.59. The van der Waals surface area contributed by atoms with Gasteiger partial charge in [0.15, 0.2) is 23.1 Å². The van der Waals surface area contributed by atoms with Crippen molar-refractivity contribution in [3.05, 3.63) is 47.5 Å². The van der Waals surface area contributed by atoms with E-state index in [4.69, 9.17) is 9.47 Å². The summed E-state index contributed by atoms with van der Waals surface area (Å²) in [6.45, 7) is 4.99. The summed E-state index contributed by atoms with van der Waals surface area (Å²) in [4.78, 5) is 20.9. The maximum Gasteiger partial charge on any atom is 0.227 e. The average Bonchev–Trinajstić information content (AvgIpc) is 3.10. The zero-order chi connectivity index (χ0) is 19.7. The topological polar surface area (TPSA) is 91.2 Å². The number of nitrogens with zero attached hydrogens (tertiary/aromatic N) is 4. The van der Waals surface area contributed by atoms with Crippen molar-refractivity contribution in [3.8, 4) is 28.6 Å². The zero-order valence-electron chi connectivity index (χ0n) is 16.0. The number of hydrogen-bond acceptors (Lipinski definition) is 6. The summed E-state index contributed by atoms with van der Waals surface area (Å²) in [6, 6.07) is 7.62. The number of rotatable bonds is 4. The van der Waals surface area contributed by atoms with Crippen LogP contribution in [0.4, 0.5) is 0 Å². The molecule has 0 unspecified atom stereocenters. The maximum atomic E-state index is 11.8. The van der Waals surface area contributed by atoms with Gasteiger partial charge in [-0.3, -0.25) is 9.78 Å². The van der Waals surface area contributed by atoms with E-state index >= 15 is 0 Å². The van der Waals surface area contributed by atoms with Gasteiger partial charge in [-0.2, -0.15) is 5.10 Å². The Labute approximate surface area is 162 Å². The van der Waals surface area contributed by atoms with Crippen molar-refractivity contribution in [2.75, 3.05) is 20.3 Å². The largest absolute Gasteiger partial charge is 0.486 e. The van der Waals surface area contributed by atoms with Gasteiger partial charge in [0.1, 0.15) is 13.2 Å². The number of amides is 1. The standard InChI is InChI=1S/C20H21N5O3/c1-12-8-13(2)22-11-15(12)20-23-18(10-19(26)21-3)24-25(20)14-4-5-16-17(9-14)28-7-6-27-16/h4-5,8-9,11H,6-7,10H2,1-3H3,(H,21,26). The van der Waals surface area contributed by atoms with Crippen LogP contribution >= 0.6 is 0 Å². The van der Waals surface area contributed by atoms with Gasteiger partial charge in [-0.25, -0.2) is 9.67 Å². The number of pyridine rings is 1. The van der Waals surface area contributed by atoms with Crippen LogP contribution < -0.4 is 14.8 Å². The Morgan fingerprint density at radius 1 is 1.18 bits per heavy atom. The quantitative estimate of drug-likeness (QED) is 0.746. The highest BCUT2D eigenvalue weighted by atomic mass is 16.6. The molecule has 0 bridgehead atoms. The van der Waals surface area contributed by atoms with E-state index in [1.165, 1.54) is 0 Å². The van der Waals surface area contributed by atoms with Crippen LogP contribution in [0.15, 0.2) is 30.5 Å². The molecule has 1 aliphatic heterocycles. The van der Waals surface area contributed by atoms with Gasteiger partial charge >= 0.3 is 0 Å². The molecule has 28 heavy (non-hydrogen) atoms. The van der Waals surface area contributed by atoms with Crippen LogP contribution in [-0.2, 0) is 11.2 Å². The highest BCUT2D eigenvalue weighted by molar-refractivity contribution is 5.77. The first-order valence-corrected chi connectivity index (χ1v) is 9.05. The Bertz CT molecular complexity index is 1040. The molecule has 3 heterocycles. The van der Waals surface area contributed by atoms with Crippen molar-refractivity contribution in [2.45, 2.75) is 20.3 Å². The van der Waals surface area contributed by atoms with Crippen LogP contribution in [0.3, 0.4) is 0 Å². The molecule has 0 radical (unpaired) electrons. The van der Waals surface area contributed by atoms with Gasteiger partial charge < -0.3 is 14.8 Å². The summed E-state index contributed by atoms with van der Waals surface area (Å²) in [6.07, 6.45) is 1.88. The van der Waals surface area contributed by atoms with E-state index in [0.717, 1.165) is 22.5 Å². The lowest BCUT2D eigenvalue weighted by molar-refractivity contribution is -0.120. The normalized spacial score (nSPS) is 12.7. The number of ether oxygens (including phenoxy) is 2. The van der Waals surface area contributed by atoms with Crippen LogP contribution in [0.25, 0.3) is 17.1 Å². The fraction of sp³-hybridized carbons (Fsp3) is 0.300. The third-order valence-corrected chi connectivity index (χ3v) is 4.51. The first-order valence-electron chi connectivity index (χ1n) is 9.05. The average molecular weight is 379 g/mol. The molecule has 1 amide bonds. The number of nitrogens with one attached hydrogen (secondary N) is 1. The van der Waals surface area contributed by atoms with Gasteiger partial charge in [-0.1, -0.05) is 0 Å². The van der Waals surface area contributed by atoms with Crippen LogP contribution in [0.2, 0.25) is 0 Å². The summed E-state index contributed by atoms with van der Waals surface area (Å²) >= 11 is 0. The molecule has 0 saturated heterocycles. The molecule has 0 fully saturated rings. The number of aromatic nitrogens is 4. The second-order valence-electron chi connectivity index (χ2n) is 6.58. The van der Waals surface area contributed by atoms with Crippen LogP contribution in [0.5, 0.6) is 11.5 Å². The molecule has 8 heteroatoms. The van der Waals surface area contributed by atoms with Gasteiger partial charge in [-0.05, 0) is 37.6 Å². The number of likely N-dealkylation sites (N-methyl/N-ethyl adjacent to an activating group) is 1. The predicted molar refractivity (Wildman–Crippen MR) is 103 cm³/mol. The molecule has 1 aliphatic rings. The number of carbonyl (C=O) groups is 1. The first-order chi connectivity index (χ1) is 13.5. The molecule has 8 nitrogen and oxygen atoms in total. The Balaban J connectivity index is 1.84. The Morgan fingerprint density at radius 2 is 1.96 bits per heavy atom. The molecule has 2 aromatic heterocycles. The SMILES string of the molecule is CNC(=O)Cc1nc(-c2cnc(C)cc2C)n(-c2ccc3c(c2)OCCO3)n1. The fourth-order valence-electron chi connectivity index (χ4n) is 3.11. The predicted octanol–water partition coefficient (Wildman–Crippen LogP) is 2.01. The Hall–Kier alpha value is -3.42. The van der Waals surface area contributed by atoms with Crippen molar-refractivity contribution in [1.29, 1.82) is 0 Å². The van der Waals surface area contributed by atoms with E-state index in [-0.39, 0.29) is 12.3 Å². The molecular formula is C20H21N5O3. The number of hydrogen-bond donors (Lipinski definition) is 1. The molecule has 3 aromatic rings. The molecule has 144 valence electrons. The summed E-state index contributed by atoms with van der Waals surface area (Å²) in [5.41, 5.74) is 3.59. The monoisotopic (exact) mass is 379 g/mol. The lowest BCUT2D eigenvalue weighted by Crippen LogP contribution is -2.20. The lowest BCUT2D eigenvalue weighted by Gasteiger charge is -2.19. The van der Waals surface area contributed by atoms with Crippen LogP contribution in [-0.4, -0.2) is 45.9 Å². The third kappa shape index (κ3) is 3.40. The molecule has 0 spiro atoms. The lowest BCUT2D eigenvalue weighted by atomic mass is 10.1. The van der Waals surface area contributed by atoms with Gasteiger partial charge in [-0.15, -0.1) is 0 Å². The fourth-order valence-corrected chi connectivity index (χ4v) is 3.11. The highest BCUT2D eigenvalue weighted by Crippen LogP contribution is 2.33. The Morgan fingerprint density at radius 3 is 2.71 bits per heavy atom. The van der Waals surface area contributed by atoms with Crippen molar-refractivity contribution in [1.82, 2.24) is 25.1 Å². The van der Waals surface area contributed by atoms with Crippen LogP contribution in [0.1, 0.15) is 17.1 Å². The van der Waals surface area contributed by atoms with E-state index in [1.807, 2.05) is 38.1 Å². The smallest absolute Gasteiger partial charge is 0.227 e. The first kappa shape index (κ1) is 18.0. The Kier molecular flexibility index (Phi) is 4.68. The minimum atomic E-state index is -0.148. The molecule has 1 aromatic carbocycles. The highest BCUT2D eigenvalue weighted by Gasteiger charge is 2.20. The second-order valence-corrected chi connectivity index (χ2v) is 6.58. The van der Waals surface area contributed by atoms with Gasteiger partial charge in [0.25, 0.3) is 0 Å².